The van der Waals surface area contributed by atoms with Crippen molar-refractivity contribution in [2.24, 2.45) is 5.73 Å². The number of nitrogen functional groups attached to an aromatic ring is 1. The van der Waals surface area contributed by atoms with E-state index >= 15 is 0 Å². The average molecular weight is 237 g/mol. The molecule has 0 aliphatic rings. The van der Waals surface area contributed by atoms with E-state index in [1.165, 1.54) is 12.3 Å². The molecule has 1 rings (SSSR count). The van der Waals surface area contributed by atoms with Crippen LogP contribution in [-0.2, 0) is 4.79 Å². The van der Waals surface area contributed by atoms with Gasteiger partial charge in [0.25, 0.3) is 5.91 Å². The van der Waals surface area contributed by atoms with E-state index in [1.807, 2.05) is 6.92 Å². The lowest BCUT2D eigenvalue weighted by Gasteiger charge is -2.09. The number of nitrogens with zero attached hydrogens (tertiary/aromatic N) is 1. The smallest absolute Gasteiger partial charge is 0.252 e. The average Bonchev–Trinajstić information content (AvgIpc) is 2.27. The zero-order valence-corrected chi connectivity index (χ0v) is 9.49. The first-order valence-electron chi connectivity index (χ1n) is 5.10. The standard InChI is InChI=1S/C10H15N5O2/c1-2-13-8(16)5-15-10-7(9(12)17)3-6(11)4-14-10/h3-4H,2,5,11H2,1H3,(H2,12,17)(H,13,16)(H,14,15). The maximum absolute atomic E-state index is 11.2. The van der Waals surface area contributed by atoms with Gasteiger partial charge in [0, 0.05) is 6.54 Å². The van der Waals surface area contributed by atoms with E-state index in [4.69, 9.17) is 11.5 Å². The molecule has 0 unspecified atom stereocenters. The molecule has 1 aromatic heterocycles. The fourth-order valence-corrected chi connectivity index (χ4v) is 1.23. The van der Waals surface area contributed by atoms with E-state index in [0.29, 0.717) is 12.2 Å². The third-order valence-electron chi connectivity index (χ3n) is 1.96. The van der Waals surface area contributed by atoms with Crippen molar-refractivity contribution in [2.45, 2.75) is 6.92 Å². The highest BCUT2D eigenvalue weighted by Gasteiger charge is 2.10. The number of nitrogens with one attached hydrogen (secondary N) is 2. The van der Waals surface area contributed by atoms with Gasteiger partial charge in [-0.1, -0.05) is 0 Å². The minimum atomic E-state index is -0.650. The van der Waals surface area contributed by atoms with Crippen molar-refractivity contribution in [1.29, 1.82) is 0 Å². The number of amides is 2. The summed E-state index contributed by atoms with van der Waals surface area (Å²) in [6.07, 6.45) is 1.38. The van der Waals surface area contributed by atoms with Crippen LogP contribution in [0, 0.1) is 0 Å². The van der Waals surface area contributed by atoms with Gasteiger partial charge in [-0.05, 0) is 13.0 Å². The quantitative estimate of drug-likeness (QED) is 0.539. The van der Waals surface area contributed by atoms with Gasteiger partial charge in [0.05, 0.1) is 24.0 Å². The Balaban J connectivity index is 2.77. The van der Waals surface area contributed by atoms with Gasteiger partial charge in [0.15, 0.2) is 0 Å². The molecular formula is C10H15N5O2. The third-order valence-corrected chi connectivity index (χ3v) is 1.96. The van der Waals surface area contributed by atoms with Gasteiger partial charge in [0.1, 0.15) is 5.82 Å². The molecule has 0 aromatic carbocycles. The molecule has 0 atom stereocenters. The number of carbonyl (C=O) groups excluding carboxylic acids is 2. The van der Waals surface area contributed by atoms with E-state index in [0.717, 1.165) is 0 Å². The van der Waals surface area contributed by atoms with E-state index in [2.05, 4.69) is 15.6 Å². The largest absolute Gasteiger partial charge is 0.397 e. The van der Waals surface area contributed by atoms with Crippen molar-refractivity contribution < 1.29 is 9.59 Å². The zero-order chi connectivity index (χ0) is 12.8. The highest BCUT2D eigenvalue weighted by Crippen LogP contribution is 2.14. The lowest BCUT2D eigenvalue weighted by atomic mass is 10.2. The van der Waals surface area contributed by atoms with Crippen LogP contribution in [0.1, 0.15) is 17.3 Å². The summed E-state index contributed by atoms with van der Waals surface area (Å²) < 4.78 is 0. The summed E-state index contributed by atoms with van der Waals surface area (Å²) in [7, 11) is 0. The second kappa shape index (κ2) is 5.69. The van der Waals surface area contributed by atoms with E-state index in [1.54, 1.807) is 0 Å². The molecule has 92 valence electrons. The van der Waals surface area contributed by atoms with Gasteiger partial charge >= 0.3 is 0 Å². The Kier molecular flexibility index (Phi) is 4.27. The molecule has 6 N–H and O–H groups in total. The van der Waals surface area contributed by atoms with Crippen LogP contribution in [0.15, 0.2) is 12.3 Å². The Hall–Kier alpha value is -2.31. The summed E-state index contributed by atoms with van der Waals surface area (Å²) in [6.45, 7) is 2.37. The second-order valence-electron chi connectivity index (χ2n) is 3.34. The number of nitrogens with two attached hydrogens (primary N) is 2. The van der Waals surface area contributed by atoms with Crippen molar-refractivity contribution in [3.05, 3.63) is 17.8 Å². The zero-order valence-electron chi connectivity index (χ0n) is 9.49. The van der Waals surface area contributed by atoms with Gasteiger partial charge in [-0.3, -0.25) is 9.59 Å². The summed E-state index contributed by atoms with van der Waals surface area (Å²) in [5.74, 6) is -0.595. The lowest BCUT2D eigenvalue weighted by molar-refractivity contribution is -0.119. The fourth-order valence-electron chi connectivity index (χ4n) is 1.23. The Bertz CT molecular complexity index is 433. The molecule has 0 saturated heterocycles. The Morgan fingerprint density at radius 2 is 2.18 bits per heavy atom. The van der Waals surface area contributed by atoms with E-state index < -0.39 is 5.91 Å². The van der Waals surface area contributed by atoms with Crippen LogP contribution < -0.4 is 22.1 Å². The molecule has 0 radical (unpaired) electrons. The maximum atomic E-state index is 11.2. The second-order valence-corrected chi connectivity index (χ2v) is 3.34. The summed E-state index contributed by atoms with van der Waals surface area (Å²) in [6, 6.07) is 1.41. The number of likely N-dealkylation sites (N-methyl/N-ethyl adjacent to an activating group) is 1. The van der Waals surface area contributed by atoms with E-state index in [-0.39, 0.29) is 23.8 Å². The summed E-state index contributed by atoms with van der Waals surface area (Å²) in [4.78, 5) is 26.3. The number of anilines is 2. The number of rotatable bonds is 5. The number of aromatic nitrogens is 1. The molecule has 7 heteroatoms. The molecule has 1 heterocycles. The van der Waals surface area contributed by atoms with Gasteiger partial charge in [0.2, 0.25) is 5.91 Å². The van der Waals surface area contributed by atoms with Crippen LogP contribution in [0.3, 0.4) is 0 Å². The fraction of sp³-hybridized carbons (Fsp3) is 0.300. The van der Waals surface area contributed by atoms with Gasteiger partial charge in [-0.15, -0.1) is 0 Å². The van der Waals surface area contributed by atoms with Crippen molar-refractivity contribution in [1.82, 2.24) is 10.3 Å². The van der Waals surface area contributed by atoms with Crippen LogP contribution in [0.4, 0.5) is 11.5 Å². The highest BCUT2D eigenvalue weighted by molar-refractivity contribution is 5.98. The summed E-state index contributed by atoms with van der Waals surface area (Å²) >= 11 is 0. The van der Waals surface area contributed by atoms with Crippen molar-refractivity contribution in [3.63, 3.8) is 0 Å². The topological polar surface area (TPSA) is 123 Å². The van der Waals surface area contributed by atoms with Crippen LogP contribution in [0.5, 0.6) is 0 Å². The maximum Gasteiger partial charge on any atom is 0.252 e. The summed E-state index contributed by atoms with van der Waals surface area (Å²) in [5.41, 5.74) is 11.2. The SMILES string of the molecule is CCNC(=O)CNc1ncc(N)cc1C(N)=O. The van der Waals surface area contributed by atoms with Crippen molar-refractivity contribution in [2.75, 3.05) is 24.1 Å². The molecule has 0 aliphatic heterocycles. The van der Waals surface area contributed by atoms with Crippen LogP contribution in [0.2, 0.25) is 0 Å². The molecule has 0 saturated carbocycles. The van der Waals surface area contributed by atoms with Gasteiger partial charge in [-0.2, -0.15) is 0 Å². The number of carbonyl (C=O) groups is 2. The highest BCUT2D eigenvalue weighted by atomic mass is 16.2. The van der Waals surface area contributed by atoms with Gasteiger partial charge in [-0.25, -0.2) is 4.98 Å². The van der Waals surface area contributed by atoms with Crippen molar-refractivity contribution >= 4 is 23.3 Å². The lowest BCUT2D eigenvalue weighted by Crippen LogP contribution is -2.30. The molecular weight excluding hydrogens is 222 g/mol. The Morgan fingerprint density at radius 3 is 2.76 bits per heavy atom. The number of hydrogen-bond acceptors (Lipinski definition) is 5. The molecule has 0 aliphatic carbocycles. The third kappa shape index (κ3) is 3.63. The van der Waals surface area contributed by atoms with Crippen LogP contribution in [0.25, 0.3) is 0 Å². The molecule has 1 aromatic rings. The minimum absolute atomic E-state index is 0.0189. The molecule has 17 heavy (non-hydrogen) atoms. The van der Waals surface area contributed by atoms with Crippen LogP contribution in [-0.4, -0.2) is 29.9 Å². The first kappa shape index (κ1) is 12.8. The number of pyridine rings is 1. The molecule has 2 amide bonds. The predicted octanol–water partition coefficient (Wildman–Crippen LogP) is -0.689. The predicted molar refractivity (Wildman–Crippen MR) is 64.3 cm³/mol. The Morgan fingerprint density at radius 1 is 1.47 bits per heavy atom. The van der Waals surface area contributed by atoms with Gasteiger partial charge < -0.3 is 22.1 Å². The number of hydrogen-bond donors (Lipinski definition) is 4. The number of primary amides is 1. The molecule has 0 bridgehead atoms. The van der Waals surface area contributed by atoms with Crippen molar-refractivity contribution in [3.8, 4) is 0 Å². The summed E-state index contributed by atoms with van der Waals surface area (Å²) in [5, 5.41) is 5.33. The monoisotopic (exact) mass is 237 g/mol. The van der Waals surface area contributed by atoms with E-state index in [9.17, 15) is 9.59 Å². The molecule has 0 spiro atoms. The van der Waals surface area contributed by atoms with Crippen LogP contribution >= 0.6 is 0 Å². The minimum Gasteiger partial charge on any atom is -0.397 e. The first-order valence-corrected chi connectivity index (χ1v) is 5.10. The normalized spacial score (nSPS) is 9.71. The Labute approximate surface area is 98.6 Å². The molecule has 0 fully saturated rings. The molecule has 7 nitrogen and oxygen atoms in total. The first-order chi connectivity index (χ1) is 8.04.